The van der Waals surface area contributed by atoms with Gasteiger partial charge in [0, 0.05) is 56.7 Å². The summed E-state index contributed by atoms with van der Waals surface area (Å²) in [4.78, 5) is 47.2. The number of carboxylic acid groups (broad SMARTS) is 4. The van der Waals surface area contributed by atoms with Gasteiger partial charge in [0.05, 0.1) is 22.1 Å². The summed E-state index contributed by atoms with van der Waals surface area (Å²) in [6.45, 7) is 3.45. The van der Waals surface area contributed by atoms with Crippen LogP contribution in [0.25, 0.3) is 16.6 Å². The minimum atomic E-state index is -4.37. The van der Waals surface area contributed by atoms with Crippen LogP contribution in [0.1, 0.15) is 5.56 Å². The van der Waals surface area contributed by atoms with E-state index in [1.807, 2.05) is 22.7 Å². The number of benzene rings is 1. The maximum Gasteiger partial charge on any atom is 0.416 e. The lowest BCUT2D eigenvalue weighted by molar-refractivity contribution is -0.137. The first-order chi connectivity index (χ1) is 18.7. The van der Waals surface area contributed by atoms with Crippen molar-refractivity contribution in [3.63, 3.8) is 0 Å². The SMILES string of the molecule is CN1CCN(c2nc3cc(C(F)(F)F)ccc3n3cccc23)CC1.O=C(O)C=CC(=O)O.O=C(O)C=CC(=O)O. The molecule has 0 aliphatic carbocycles. The van der Waals surface area contributed by atoms with Gasteiger partial charge in [-0.05, 0) is 37.4 Å². The number of alkyl halides is 3. The molecule has 3 heterocycles. The first-order valence-corrected chi connectivity index (χ1v) is 11.4. The molecule has 40 heavy (non-hydrogen) atoms. The quantitative estimate of drug-likeness (QED) is 0.335. The molecule has 4 rings (SSSR count). The summed E-state index contributed by atoms with van der Waals surface area (Å²) >= 11 is 0. The second-order valence-electron chi connectivity index (χ2n) is 8.21. The topological polar surface area (TPSA) is 173 Å². The predicted octanol–water partition coefficient (Wildman–Crippen LogP) is 2.68. The Kier molecular flexibility index (Phi) is 10.8. The molecule has 1 fully saturated rings. The third-order valence-electron chi connectivity index (χ3n) is 5.31. The fourth-order valence-electron chi connectivity index (χ4n) is 3.47. The first kappa shape index (κ1) is 31.3. The van der Waals surface area contributed by atoms with E-state index in [1.54, 1.807) is 0 Å². The lowest BCUT2D eigenvalue weighted by Crippen LogP contribution is -2.45. The van der Waals surface area contributed by atoms with Crippen molar-refractivity contribution in [3.05, 3.63) is 66.4 Å². The number of rotatable bonds is 5. The molecule has 0 atom stereocenters. The minimum absolute atomic E-state index is 0.363. The molecule has 1 saturated heterocycles. The highest BCUT2D eigenvalue weighted by Gasteiger charge is 2.31. The summed E-state index contributed by atoms with van der Waals surface area (Å²) < 4.78 is 41.0. The average Bonchev–Trinajstić information content (AvgIpc) is 3.37. The molecule has 214 valence electrons. The Hall–Kier alpha value is -4.92. The van der Waals surface area contributed by atoms with Crippen LogP contribution < -0.4 is 4.90 Å². The van der Waals surface area contributed by atoms with Crippen LogP contribution in [0.3, 0.4) is 0 Å². The minimum Gasteiger partial charge on any atom is -0.478 e. The van der Waals surface area contributed by atoms with Crippen LogP contribution >= 0.6 is 0 Å². The van der Waals surface area contributed by atoms with Crippen LogP contribution in [0.2, 0.25) is 0 Å². The lowest BCUT2D eigenvalue weighted by atomic mass is 10.2. The summed E-state index contributed by atoms with van der Waals surface area (Å²) in [5.74, 6) is -4.28. The van der Waals surface area contributed by atoms with Crippen molar-refractivity contribution in [1.82, 2.24) is 14.3 Å². The van der Waals surface area contributed by atoms with Gasteiger partial charge in [-0.1, -0.05) is 0 Å². The monoisotopic (exact) mass is 566 g/mol. The van der Waals surface area contributed by atoms with Gasteiger partial charge in [0.25, 0.3) is 0 Å². The number of likely N-dealkylation sites (N-methyl/N-ethyl adjacent to an activating group) is 1. The third kappa shape index (κ3) is 9.43. The molecule has 12 nitrogen and oxygen atoms in total. The van der Waals surface area contributed by atoms with Crippen LogP contribution in [0.4, 0.5) is 19.0 Å². The first-order valence-electron chi connectivity index (χ1n) is 11.4. The highest BCUT2D eigenvalue weighted by Crippen LogP contribution is 2.33. The van der Waals surface area contributed by atoms with E-state index >= 15 is 0 Å². The van der Waals surface area contributed by atoms with Gasteiger partial charge in [0.2, 0.25) is 0 Å². The van der Waals surface area contributed by atoms with Crippen molar-refractivity contribution in [2.24, 2.45) is 0 Å². The van der Waals surface area contributed by atoms with E-state index in [2.05, 4.69) is 21.8 Å². The number of aromatic nitrogens is 2. The fourth-order valence-corrected chi connectivity index (χ4v) is 3.47. The Balaban J connectivity index is 0.000000290. The molecular formula is C25H25F3N4O8. The molecule has 0 spiro atoms. The molecule has 2 aromatic heterocycles. The standard InChI is InChI=1S/C17H17F3N4.2C4H4O4/c1-22-7-9-23(10-8-22)16-15-3-2-6-24(15)14-5-4-12(17(18,19)20)11-13(14)21-16;2*5-3(6)1-2-4(7)8/h2-6,11H,7-10H2,1H3;2*1-2H,(H,5,6)(H,7,8). The Morgan fingerprint density at radius 3 is 1.75 bits per heavy atom. The van der Waals surface area contributed by atoms with Crippen LogP contribution in [-0.4, -0.2) is 91.8 Å². The van der Waals surface area contributed by atoms with Gasteiger partial charge in [0.15, 0.2) is 5.82 Å². The summed E-state index contributed by atoms with van der Waals surface area (Å²) in [7, 11) is 2.06. The molecule has 3 aromatic rings. The summed E-state index contributed by atoms with van der Waals surface area (Å²) in [5, 5.41) is 31.2. The van der Waals surface area contributed by atoms with Crippen molar-refractivity contribution >= 4 is 46.2 Å². The van der Waals surface area contributed by atoms with Crippen LogP contribution in [0, 0.1) is 0 Å². The molecule has 1 aromatic carbocycles. The summed E-state index contributed by atoms with van der Waals surface area (Å²) in [6, 6.07) is 7.59. The number of hydrogen-bond acceptors (Lipinski definition) is 7. The van der Waals surface area contributed by atoms with E-state index in [-0.39, 0.29) is 0 Å². The van der Waals surface area contributed by atoms with E-state index in [9.17, 15) is 32.3 Å². The van der Waals surface area contributed by atoms with Crippen molar-refractivity contribution in [2.75, 3.05) is 38.1 Å². The van der Waals surface area contributed by atoms with Crippen LogP contribution in [-0.2, 0) is 25.4 Å². The maximum atomic E-state index is 13.0. The van der Waals surface area contributed by atoms with Crippen molar-refractivity contribution in [1.29, 1.82) is 0 Å². The van der Waals surface area contributed by atoms with Gasteiger partial charge in [-0.25, -0.2) is 24.2 Å². The smallest absolute Gasteiger partial charge is 0.416 e. The number of carboxylic acids is 4. The molecule has 0 amide bonds. The third-order valence-corrected chi connectivity index (χ3v) is 5.31. The number of anilines is 1. The predicted molar refractivity (Wildman–Crippen MR) is 136 cm³/mol. The Morgan fingerprint density at radius 1 is 0.800 bits per heavy atom. The van der Waals surface area contributed by atoms with Gasteiger partial charge in [-0.15, -0.1) is 0 Å². The molecule has 1 aliphatic heterocycles. The number of hydrogen-bond donors (Lipinski definition) is 4. The second kappa shape index (κ2) is 13.7. The Labute approximate surface area is 224 Å². The zero-order chi connectivity index (χ0) is 30.0. The lowest BCUT2D eigenvalue weighted by Gasteiger charge is -2.33. The van der Waals surface area contributed by atoms with Crippen molar-refractivity contribution in [3.8, 4) is 0 Å². The fraction of sp³-hybridized carbons (Fsp3) is 0.240. The van der Waals surface area contributed by atoms with Gasteiger partial charge >= 0.3 is 30.1 Å². The number of aliphatic carboxylic acids is 4. The molecule has 1 aliphatic rings. The van der Waals surface area contributed by atoms with E-state index in [0.717, 1.165) is 49.6 Å². The molecule has 0 unspecified atom stereocenters. The molecule has 4 N–H and O–H groups in total. The number of carbonyl (C=O) groups is 4. The summed E-state index contributed by atoms with van der Waals surface area (Å²) in [5.41, 5.74) is 1.30. The van der Waals surface area contributed by atoms with Crippen LogP contribution in [0.15, 0.2) is 60.8 Å². The van der Waals surface area contributed by atoms with Gasteiger partial charge in [-0.2, -0.15) is 13.2 Å². The van der Waals surface area contributed by atoms with Gasteiger partial charge < -0.3 is 34.6 Å². The maximum absolute atomic E-state index is 13.0. The van der Waals surface area contributed by atoms with E-state index in [4.69, 9.17) is 20.4 Å². The average molecular weight is 566 g/mol. The van der Waals surface area contributed by atoms with Crippen molar-refractivity contribution < 1.29 is 52.8 Å². The molecule has 0 radical (unpaired) electrons. The largest absolute Gasteiger partial charge is 0.478 e. The van der Waals surface area contributed by atoms with Gasteiger partial charge in [-0.3, -0.25) is 0 Å². The zero-order valence-corrected chi connectivity index (χ0v) is 20.9. The Morgan fingerprint density at radius 2 is 1.30 bits per heavy atom. The highest BCUT2D eigenvalue weighted by molar-refractivity contribution is 5.90. The Bertz CT molecular complexity index is 1380. The highest BCUT2D eigenvalue weighted by atomic mass is 19.4. The zero-order valence-electron chi connectivity index (χ0n) is 20.9. The number of halogens is 3. The second-order valence-corrected chi connectivity index (χ2v) is 8.21. The molecule has 0 bridgehead atoms. The number of fused-ring (bicyclic) bond motifs is 3. The van der Waals surface area contributed by atoms with E-state index in [1.165, 1.54) is 6.07 Å². The van der Waals surface area contributed by atoms with Crippen LogP contribution in [0.5, 0.6) is 0 Å². The van der Waals surface area contributed by atoms with E-state index in [0.29, 0.717) is 35.3 Å². The van der Waals surface area contributed by atoms with Crippen molar-refractivity contribution in [2.45, 2.75) is 6.18 Å². The number of nitrogens with zero attached hydrogens (tertiary/aromatic N) is 4. The molecular weight excluding hydrogens is 541 g/mol. The van der Waals surface area contributed by atoms with Gasteiger partial charge in [0.1, 0.15) is 0 Å². The van der Waals surface area contributed by atoms with E-state index < -0.39 is 35.6 Å². The molecule has 15 heteroatoms. The summed E-state index contributed by atoms with van der Waals surface area (Å²) in [6.07, 6.45) is -0.267. The number of piperazine rings is 1. The normalized spacial score (nSPS) is 14.1. The molecule has 0 saturated carbocycles.